The van der Waals surface area contributed by atoms with Crippen molar-refractivity contribution in [1.29, 1.82) is 0 Å². The highest BCUT2D eigenvalue weighted by Gasteiger charge is 2.33. The molecule has 0 radical (unpaired) electrons. The second-order valence-corrected chi connectivity index (χ2v) is 15.6. The fraction of sp³-hybridized carbons (Fsp3) is 0.490. The molecular weight excluding hydrogens is 729 g/mol. The zero-order valence-electron chi connectivity index (χ0n) is 36.8. The maximum Gasteiger partial charge on any atom is 0.322 e. The van der Waals surface area contributed by atoms with Gasteiger partial charge in [-0.25, -0.2) is 4.79 Å². The maximum absolute atomic E-state index is 12.0. The fourth-order valence-corrected chi connectivity index (χ4v) is 6.68. The molecule has 0 spiro atoms. The summed E-state index contributed by atoms with van der Waals surface area (Å²) in [7, 11) is 1.54. The second-order valence-electron chi connectivity index (χ2n) is 15.6. The average Bonchev–Trinajstić information content (AvgIpc) is 3.49. The number of carbonyl (C=O) groups excluding carboxylic acids is 3. The minimum atomic E-state index is -0.283. The standard InChI is InChI=1S/C14H14.C13H24N2O4.C11H14O3.C11H16/c1-9-10(2)13-8-4-6-11-5-3-7-12(9)14(11)13;1-5-10(3)12(16)19-11-7-14(6-2)13(17)15(8-11)9-18-4;1-3-8(2)11(13)14-10-6-4-9(12)5-7-10;1-4-10(3)11-7-5-9(2)6-8-11/h3-10H,1-2H3;10-11H,5-9H2,1-4H3;4-8,12H,3H2,1-2H3;5-8,10H,4H2,1-3H3. The van der Waals surface area contributed by atoms with Crippen molar-refractivity contribution in [1.82, 2.24) is 9.80 Å². The van der Waals surface area contributed by atoms with Crippen LogP contribution in [0.2, 0.25) is 0 Å². The molecule has 1 aliphatic carbocycles. The Kier molecular flexibility index (Phi) is 19.2. The van der Waals surface area contributed by atoms with E-state index in [9.17, 15) is 14.4 Å². The Morgan fingerprint density at radius 3 is 1.78 bits per heavy atom. The third-order valence-corrected chi connectivity index (χ3v) is 11.4. The molecule has 0 saturated carbocycles. The molecule has 6 atom stereocenters. The van der Waals surface area contributed by atoms with Crippen LogP contribution in [0.3, 0.4) is 0 Å². The third kappa shape index (κ3) is 13.3. The molecule has 6 unspecified atom stereocenters. The molecule has 0 bridgehead atoms. The number of aromatic hydroxyl groups is 1. The zero-order valence-corrected chi connectivity index (χ0v) is 36.8. The number of phenolic OH excluding ortho intramolecular Hbond substituents is 1. The van der Waals surface area contributed by atoms with Gasteiger partial charge in [0.2, 0.25) is 0 Å². The summed E-state index contributed by atoms with van der Waals surface area (Å²) in [5, 5.41) is 11.9. The molecule has 1 fully saturated rings. The Morgan fingerprint density at radius 1 is 0.741 bits per heavy atom. The van der Waals surface area contributed by atoms with E-state index in [4.69, 9.17) is 19.3 Å². The number of amides is 2. The molecular formula is C49H68N2O7. The summed E-state index contributed by atoms with van der Waals surface area (Å²) in [6.07, 6.45) is 2.46. The van der Waals surface area contributed by atoms with Gasteiger partial charge in [0.1, 0.15) is 24.3 Å². The first kappa shape index (κ1) is 47.5. The molecule has 1 N–H and O–H groups in total. The van der Waals surface area contributed by atoms with Crippen LogP contribution >= 0.6 is 0 Å². The van der Waals surface area contributed by atoms with Crippen LogP contribution in [-0.2, 0) is 19.1 Å². The summed E-state index contributed by atoms with van der Waals surface area (Å²) in [6.45, 7) is 22.4. The van der Waals surface area contributed by atoms with E-state index in [1.165, 1.54) is 51.6 Å². The molecule has 0 aromatic heterocycles. The molecule has 9 heteroatoms. The van der Waals surface area contributed by atoms with Crippen LogP contribution in [0.25, 0.3) is 10.8 Å². The van der Waals surface area contributed by atoms with Crippen molar-refractivity contribution in [3.8, 4) is 11.5 Å². The molecule has 1 aliphatic heterocycles. The molecule has 1 saturated heterocycles. The first-order chi connectivity index (χ1) is 27.7. The van der Waals surface area contributed by atoms with Crippen molar-refractivity contribution in [3.05, 3.63) is 107 Å². The van der Waals surface area contributed by atoms with Crippen LogP contribution in [0, 0.1) is 18.8 Å². The molecule has 4 aromatic carbocycles. The molecule has 9 nitrogen and oxygen atoms in total. The van der Waals surface area contributed by atoms with Crippen molar-refractivity contribution < 1.29 is 33.7 Å². The van der Waals surface area contributed by atoms with Gasteiger partial charge in [-0.2, -0.15) is 0 Å². The number of aryl methyl sites for hydroxylation is 1. The number of urea groups is 1. The highest BCUT2D eigenvalue weighted by atomic mass is 16.5. The normalized spacial score (nSPS) is 18.3. The van der Waals surface area contributed by atoms with E-state index in [2.05, 4.69) is 95.3 Å². The van der Waals surface area contributed by atoms with Crippen molar-refractivity contribution in [2.75, 3.05) is 33.5 Å². The Hall–Kier alpha value is -4.89. The smallest absolute Gasteiger partial charge is 0.322 e. The monoisotopic (exact) mass is 797 g/mol. The topological polar surface area (TPSA) is 106 Å². The van der Waals surface area contributed by atoms with Gasteiger partial charge in [0.05, 0.1) is 24.9 Å². The number of nitrogens with zero attached hydrogens (tertiary/aromatic N) is 2. The van der Waals surface area contributed by atoms with Gasteiger partial charge < -0.3 is 24.2 Å². The van der Waals surface area contributed by atoms with Crippen LogP contribution in [-0.4, -0.2) is 72.5 Å². The Bertz CT molecular complexity index is 1830. The van der Waals surface area contributed by atoms with Gasteiger partial charge in [-0.05, 0) is 103 Å². The van der Waals surface area contributed by atoms with E-state index in [1.807, 2.05) is 34.6 Å². The Labute approximate surface area is 347 Å². The number of ether oxygens (including phenoxy) is 3. The van der Waals surface area contributed by atoms with Gasteiger partial charge in [0, 0.05) is 13.7 Å². The summed E-state index contributed by atoms with van der Waals surface area (Å²) in [5.41, 5.74) is 5.87. The molecule has 6 rings (SSSR count). The molecule has 316 valence electrons. The van der Waals surface area contributed by atoms with Gasteiger partial charge in [-0.1, -0.05) is 122 Å². The Morgan fingerprint density at radius 2 is 1.28 bits per heavy atom. The van der Waals surface area contributed by atoms with Crippen molar-refractivity contribution in [3.63, 3.8) is 0 Å². The summed E-state index contributed by atoms with van der Waals surface area (Å²) < 4.78 is 15.5. The molecule has 1 heterocycles. The highest BCUT2D eigenvalue weighted by molar-refractivity contribution is 5.92. The average molecular weight is 797 g/mol. The van der Waals surface area contributed by atoms with Crippen LogP contribution in [0.15, 0.2) is 84.9 Å². The van der Waals surface area contributed by atoms with E-state index in [1.54, 1.807) is 29.0 Å². The summed E-state index contributed by atoms with van der Waals surface area (Å²) >= 11 is 0. The van der Waals surface area contributed by atoms with Crippen LogP contribution in [0.5, 0.6) is 11.5 Å². The molecule has 2 amide bonds. The van der Waals surface area contributed by atoms with Gasteiger partial charge >= 0.3 is 18.0 Å². The fourth-order valence-electron chi connectivity index (χ4n) is 6.68. The molecule has 2 aliphatic rings. The first-order valence-electron chi connectivity index (χ1n) is 21.0. The highest BCUT2D eigenvalue weighted by Crippen LogP contribution is 2.45. The third-order valence-electron chi connectivity index (χ3n) is 11.4. The predicted octanol–water partition coefficient (Wildman–Crippen LogP) is 11.2. The quantitative estimate of drug-likeness (QED) is 0.119. The van der Waals surface area contributed by atoms with Gasteiger partial charge in [0.15, 0.2) is 0 Å². The summed E-state index contributed by atoms with van der Waals surface area (Å²) in [6, 6.07) is 28.2. The lowest BCUT2D eigenvalue weighted by atomic mass is 9.94. The maximum atomic E-state index is 12.0. The lowest BCUT2D eigenvalue weighted by molar-refractivity contribution is -0.157. The molecule has 4 aromatic rings. The van der Waals surface area contributed by atoms with E-state index < -0.39 is 0 Å². The lowest BCUT2D eigenvalue weighted by Gasteiger charge is -2.38. The van der Waals surface area contributed by atoms with Gasteiger partial charge in [-0.15, -0.1) is 0 Å². The van der Waals surface area contributed by atoms with E-state index in [0.717, 1.165) is 12.8 Å². The zero-order chi connectivity index (χ0) is 42.9. The largest absolute Gasteiger partial charge is 0.508 e. The van der Waals surface area contributed by atoms with Crippen molar-refractivity contribution in [2.24, 2.45) is 11.8 Å². The SMILES string of the molecule is CC1c2cccc3cccc(c23)C1C.CCC(C)C(=O)OC1CN(CC)C(=O)N(COC)C1.CCC(C)C(=O)Oc1ccc(O)cc1.CCC(C)c1ccc(C)cc1. The number of hydrogen-bond donors (Lipinski definition) is 1. The van der Waals surface area contributed by atoms with E-state index >= 15 is 0 Å². The van der Waals surface area contributed by atoms with Gasteiger partial charge in [0.25, 0.3) is 0 Å². The lowest BCUT2D eigenvalue weighted by Crippen LogP contribution is -2.57. The van der Waals surface area contributed by atoms with E-state index in [0.29, 0.717) is 43.1 Å². The number of hydrogen-bond acceptors (Lipinski definition) is 7. The van der Waals surface area contributed by atoms with Gasteiger partial charge in [-0.3, -0.25) is 14.5 Å². The molecule has 58 heavy (non-hydrogen) atoms. The summed E-state index contributed by atoms with van der Waals surface area (Å²) in [5.74, 6) is 2.05. The Balaban J connectivity index is 0.000000210. The number of esters is 2. The second kappa shape index (κ2) is 23.5. The summed E-state index contributed by atoms with van der Waals surface area (Å²) in [4.78, 5) is 38.4. The predicted molar refractivity (Wildman–Crippen MR) is 234 cm³/mol. The number of carbonyl (C=O) groups is 3. The van der Waals surface area contributed by atoms with Crippen LogP contribution in [0.4, 0.5) is 4.79 Å². The van der Waals surface area contributed by atoms with Crippen molar-refractivity contribution >= 4 is 28.7 Å². The first-order valence-corrected chi connectivity index (χ1v) is 21.0. The number of likely N-dealkylation sites (N-methyl/N-ethyl adjacent to an activating group) is 1. The van der Waals surface area contributed by atoms with Crippen LogP contribution in [0.1, 0.15) is 122 Å². The van der Waals surface area contributed by atoms with Crippen molar-refractivity contribution in [2.45, 2.75) is 112 Å². The minimum Gasteiger partial charge on any atom is -0.508 e. The number of rotatable bonds is 11. The van der Waals surface area contributed by atoms with E-state index in [-0.39, 0.29) is 48.4 Å². The minimum absolute atomic E-state index is 0.0693. The number of phenols is 1. The number of benzene rings is 4. The van der Waals surface area contributed by atoms with Crippen LogP contribution < -0.4 is 4.74 Å². The number of methoxy groups -OCH3 is 1.